The lowest BCUT2D eigenvalue weighted by Crippen LogP contribution is -2.03. The number of thiophene rings is 1. The normalized spacial score (nSPS) is 10.7. The fourth-order valence-electron chi connectivity index (χ4n) is 2.73. The van der Waals surface area contributed by atoms with Crippen LogP contribution < -0.4 is 0 Å². The van der Waals surface area contributed by atoms with Crippen molar-refractivity contribution in [3.8, 4) is 22.5 Å². The van der Waals surface area contributed by atoms with Crippen LogP contribution in [0, 0.1) is 10.1 Å². The van der Waals surface area contributed by atoms with Gasteiger partial charge < -0.3 is 0 Å². The number of hydrogen-bond donors (Lipinski definition) is 0. The standard InChI is InChI=1S/C21H14N4O3S2/c26-17(18-11-16(12-29-18)25(27)28)13-30-21-22-19(14-7-3-1-4-8-14)20(23-24-21)15-9-5-2-6-10-15/h1-12H,13H2. The quantitative estimate of drug-likeness (QED) is 0.172. The van der Waals surface area contributed by atoms with Crippen LogP contribution in [0.5, 0.6) is 0 Å². The molecule has 148 valence electrons. The highest BCUT2D eigenvalue weighted by atomic mass is 32.2. The molecule has 0 amide bonds. The Balaban J connectivity index is 1.60. The summed E-state index contributed by atoms with van der Waals surface area (Å²) in [6.07, 6.45) is 0. The fourth-order valence-corrected chi connectivity index (χ4v) is 4.29. The molecule has 2 heterocycles. The Morgan fingerprint density at radius 1 is 0.967 bits per heavy atom. The molecule has 0 N–H and O–H groups in total. The highest BCUT2D eigenvalue weighted by Crippen LogP contribution is 2.30. The predicted molar refractivity (Wildman–Crippen MR) is 117 cm³/mol. The summed E-state index contributed by atoms with van der Waals surface area (Å²) < 4.78 is 0. The van der Waals surface area contributed by atoms with Gasteiger partial charge in [-0.15, -0.1) is 21.5 Å². The van der Waals surface area contributed by atoms with Crippen LogP contribution in [0.4, 0.5) is 5.69 Å². The highest BCUT2D eigenvalue weighted by molar-refractivity contribution is 7.99. The van der Waals surface area contributed by atoms with E-state index in [-0.39, 0.29) is 17.2 Å². The number of hydrogen-bond acceptors (Lipinski definition) is 8. The highest BCUT2D eigenvalue weighted by Gasteiger charge is 2.17. The Labute approximate surface area is 180 Å². The number of carbonyl (C=O) groups is 1. The van der Waals surface area contributed by atoms with Crippen LogP contribution >= 0.6 is 23.1 Å². The van der Waals surface area contributed by atoms with Gasteiger partial charge >= 0.3 is 0 Å². The summed E-state index contributed by atoms with van der Waals surface area (Å²) in [7, 11) is 0. The van der Waals surface area contributed by atoms with E-state index in [4.69, 9.17) is 0 Å². The van der Waals surface area contributed by atoms with E-state index >= 15 is 0 Å². The van der Waals surface area contributed by atoms with Crippen molar-refractivity contribution in [2.24, 2.45) is 0 Å². The first-order chi connectivity index (χ1) is 14.6. The Bertz CT molecular complexity index is 1200. The maximum Gasteiger partial charge on any atom is 0.280 e. The molecule has 0 bridgehead atoms. The van der Waals surface area contributed by atoms with Crippen molar-refractivity contribution >= 4 is 34.6 Å². The van der Waals surface area contributed by atoms with E-state index in [1.807, 2.05) is 60.7 Å². The number of aromatic nitrogens is 3. The molecular formula is C21H14N4O3S2. The molecule has 7 nitrogen and oxygen atoms in total. The summed E-state index contributed by atoms with van der Waals surface area (Å²) in [6.45, 7) is 0. The van der Waals surface area contributed by atoms with Crippen molar-refractivity contribution in [2.75, 3.05) is 5.75 Å². The molecule has 0 spiro atoms. The molecule has 0 radical (unpaired) electrons. The predicted octanol–water partition coefficient (Wildman–Crippen LogP) is 5.15. The minimum absolute atomic E-state index is 0.0677. The summed E-state index contributed by atoms with van der Waals surface area (Å²) >= 11 is 2.22. The molecule has 0 aliphatic rings. The smallest absolute Gasteiger partial charge is 0.280 e. The molecule has 30 heavy (non-hydrogen) atoms. The van der Waals surface area contributed by atoms with Gasteiger partial charge in [-0.1, -0.05) is 72.4 Å². The summed E-state index contributed by atoms with van der Waals surface area (Å²) in [5.41, 5.74) is 3.05. The van der Waals surface area contributed by atoms with Gasteiger partial charge in [0.25, 0.3) is 5.69 Å². The topological polar surface area (TPSA) is 98.9 Å². The van der Waals surface area contributed by atoms with E-state index in [0.29, 0.717) is 21.4 Å². The summed E-state index contributed by atoms with van der Waals surface area (Å²) in [4.78, 5) is 27.7. The SMILES string of the molecule is O=C(CSc1nnc(-c2ccccc2)c(-c2ccccc2)n1)c1cc([N+](=O)[O-])cs1. The number of rotatable bonds is 7. The maximum absolute atomic E-state index is 12.4. The molecule has 4 rings (SSSR count). The van der Waals surface area contributed by atoms with Crippen LogP contribution in [-0.2, 0) is 0 Å². The first-order valence-electron chi connectivity index (χ1n) is 8.86. The monoisotopic (exact) mass is 434 g/mol. The first-order valence-corrected chi connectivity index (χ1v) is 10.7. The van der Waals surface area contributed by atoms with E-state index in [1.165, 1.54) is 11.4 Å². The van der Waals surface area contributed by atoms with Crippen LogP contribution in [0.1, 0.15) is 9.67 Å². The molecule has 4 aromatic rings. The number of Topliss-reactive ketones (excluding diaryl/α,β-unsaturated/α-hetero) is 1. The molecule has 0 aliphatic heterocycles. The van der Waals surface area contributed by atoms with Crippen molar-refractivity contribution in [2.45, 2.75) is 5.16 Å². The average Bonchev–Trinajstić information content (AvgIpc) is 3.29. The molecule has 2 aromatic carbocycles. The average molecular weight is 435 g/mol. The lowest BCUT2D eigenvalue weighted by Gasteiger charge is -2.09. The number of carbonyl (C=O) groups excluding carboxylic acids is 1. The Morgan fingerprint density at radius 3 is 2.20 bits per heavy atom. The number of ketones is 1. The largest absolute Gasteiger partial charge is 0.292 e. The van der Waals surface area contributed by atoms with Gasteiger partial charge in [0.15, 0.2) is 5.78 Å². The summed E-state index contributed by atoms with van der Waals surface area (Å²) in [6, 6.07) is 20.6. The molecule has 0 unspecified atom stereocenters. The van der Waals surface area contributed by atoms with Gasteiger partial charge in [-0.05, 0) is 0 Å². The van der Waals surface area contributed by atoms with E-state index < -0.39 is 4.92 Å². The molecule has 2 aromatic heterocycles. The van der Waals surface area contributed by atoms with Gasteiger partial charge in [-0.2, -0.15) is 0 Å². The van der Waals surface area contributed by atoms with Crippen molar-refractivity contribution < 1.29 is 9.72 Å². The Morgan fingerprint density at radius 2 is 1.60 bits per heavy atom. The lowest BCUT2D eigenvalue weighted by atomic mass is 10.0. The summed E-state index contributed by atoms with van der Waals surface area (Å²) in [5.74, 6) is -0.145. The summed E-state index contributed by atoms with van der Waals surface area (Å²) in [5, 5.41) is 21.1. The minimum atomic E-state index is -0.512. The van der Waals surface area contributed by atoms with Gasteiger partial charge in [0.2, 0.25) is 5.16 Å². The number of nitro groups is 1. The van der Waals surface area contributed by atoms with Crippen LogP contribution in [0.2, 0.25) is 0 Å². The Hall–Kier alpha value is -3.43. The molecule has 0 fully saturated rings. The minimum Gasteiger partial charge on any atom is -0.292 e. The second-order valence-electron chi connectivity index (χ2n) is 6.16. The molecule has 0 aliphatic carbocycles. The molecule has 0 saturated carbocycles. The van der Waals surface area contributed by atoms with Gasteiger partial charge in [0.05, 0.1) is 20.9 Å². The van der Waals surface area contributed by atoms with Gasteiger partial charge in [0, 0.05) is 17.2 Å². The van der Waals surface area contributed by atoms with Crippen molar-refractivity contribution in [1.82, 2.24) is 15.2 Å². The molecular weight excluding hydrogens is 420 g/mol. The third kappa shape index (κ3) is 4.42. The van der Waals surface area contributed by atoms with Gasteiger partial charge in [-0.3, -0.25) is 14.9 Å². The first kappa shape index (κ1) is 19.9. The van der Waals surface area contributed by atoms with E-state index in [9.17, 15) is 14.9 Å². The number of benzene rings is 2. The molecule has 9 heteroatoms. The second-order valence-corrected chi connectivity index (χ2v) is 8.02. The van der Waals surface area contributed by atoms with Gasteiger partial charge in [-0.25, -0.2) is 4.98 Å². The molecule has 0 saturated heterocycles. The zero-order valence-corrected chi connectivity index (χ0v) is 17.1. The lowest BCUT2D eigenvalue weighted by molar-refractivity contribution is -0.384. The number of nitrogens with zero attached hydrogens (tertiary/aromatic N) is 4. The van der Waals surface area contributed by atoms with E-state index in [0.717, 1.165) is 34.2 Å². The van der Waals surface area contributed by atoms with Gasteiger partial charge in [0.1, 0.15) is 11.4 Å². The third-order valence-electron chi connectivity index (χ3n) is 4.17. The number of thioether (sulfide) groups is 1. The Kier molecular flexibility index (Phi) is 5.92. The zero-order valence-electron chi connectivity index (χ0n) is 15.5. The third-order valence-corrected chi connectivity index (χ3v) is 5.96. The van der Waals surface area contributed by atoms with Crippen molar-refractivity contribution in [3.63, 3.8) is 0 Å². The van der Waals surface area contributed by atoms with Crippen molar-refractivity contribution in [3.05, 3.63) is 87.1 Å². The fraction of sp³-hybridized carbons (Fsp3) is 0.0476. The second kappa shape index (κ2) is 8.93. The van der Waals surface area contributed by atoms with Crippen LogP contribution in [0.3, 0.4) is 0 Å². The van der Waals surface area contributed by atoms with Crippen LogP contribution in [0.25, 0.3) is 22.5 Å². The van der Waals surface area contributed by atoms with Crippen molar-refractivity contribution in [1.29, 1.82) is 0 Å². The van der Waals surface area contributed by atoms with E-state index in [2.05, 4.69) is 15.2 Å². The zero-order chi connectivity index (χ0) is 20.9. The van der Waals surface area contributed by atoms with E-state index in [1.54, 1.807) is 0 Å². The van der Waals surface area contributed by atoms with Crippen LogP contribution in [0.15, 0.2) is 77.3 Å². The maximum atomic E-state index is 12.4. The van der Waals surface area contributed by atoms with Crippen LogP contribution in [-0.4, -0.2) is 31.6 Å². The molecule has 0 atom stereocenters.